The van der Waals surface area contributed by atoms with Gasteiger partial charge >= 0.3 is 0 Å². The van der Waals surface area contributed by atoms with E-state index >= 15 is 0 Å². The molecule has 7 nitrogen and oxygen atoms in total. The zero-order valence-electron chi connectivity index (χ0n) is 16.6. The van der Waals surface area contributed by atoms with E-state index in [1.165, 1.54) is 6.33 Å². The minimum atomic E-state index is 0.115. The van der Waals surface area contributed by atoms with Crippen molar-refractivity contribution in [2.24, 2.45) is 0 Å². The van der Waals surface area contributed by atoms with E-state index in [2.05, 4.69) is 35.8 Å². The van der Waals surface area contributed by atoms with Crippen molar-refractivity contribution in [3.8, 4) is 0 Å². The Morgan fingerprint density at radius 1 is 1.10 bits per heavy atom. The lowest BCUT2D eigenvalue weighted by molar-refractivity contribution is -0.136. The number of H-pyrrole nitrogens is 1. The number of piperazine rings is 1. The fourth-order valence-corrected chi connectivity index (χ4v) is 4.75. The SMILES string of the molecule is Nc1ncnc2cc(CN3CCN(Cc4[nH]c5ccc(Cl)cc5c4Br)CC3=O)ccc12. The number of amides is 1. The van der Waals surface area contributed by atoms with E-state index < -0.39 is 0 Å². The van der Waals surface area contributed by atoms with Gasteiger partial charge in [-0.2, -0.15) is 0 Å². The molecule has 0 radical (unpaired) electrons. The lowest BCUT2D eigenvalue weighted by Crippen LogP contribution is -2.49. The first kappa shape index (κ1) is 20.2. The van der Waals surface area contributed by atoms with Gasteiger partial charge in [-0.05, 0) is 51.8 Å². The van der Waals surface area contributed by atoms with Gasteiger partial charge in [-0.1, -0.05) is 17.7 Å². The van der Waals surface area contributed by atoms with Crippen molar-refractivity contribution in [1.29, 1.82) is 0 Å². The van der Waals surface area contributed by atoms with Gasteiger partial charge in [0.2, 0.25) is 5.91 Å². The molecule has 2 aromatic heterocycles. The largest absolute Gasteiger partial charge is 0.383 e. The third-order valence-electron chi connectivity index (χ3n) is 5.65. The van der Waals surface area contributed by atoms with E-state index in [1.54, 1.807) is 0 Å². The number of nitrogens with zero attached hydrogens (tertiary/aromatic N) is 4. The number of nitrogen functional groups attached to an aromatic ring is 1. The van der Waals surface area contributed by atoms with Crippen LogP contribution in [0.3, 0.4) is 0 Å². The predicted molar refractivity (Wildman–Crippen MR) is 126 cm³/mol. The van der Waals surface area contributed by atoms with Crippen LogP contribution in [0.5, 0.6) is 0 Å². The molecule has 0 saturated carbocycles. The number of hydrogen-bond acceptors (Lipinski definition) is 5. The normalized spacial score (nSPS) is 15.3. The molecule has 1 fully saturated rings. The van der Waals surface area contributed by atoms with Crippen LogP contribution in [-0.2, 0) is 17.9 Å². The zero-order valence-corrected chi connectivity index (χ0v) is 18.9. The molecule has 1 aliphatic rings. The van der Waals surface area contributed by atoms with E-state index in [0.717, 1.165) is 44.1 Å². The quantitative estimate of drug-likeness (QED) is 0.444. The van der Waals surface area contributed by atoms with Gasteiger partial charge in [0.25, 0.3) is 0 Å². The molecular formula is C22H20BrClN6O. The molecule has 0 unspecified atom stereocenters. The van der Waals surface area contributed by atoms with Crippen LogP contribution in [0.25, 0.3) is 21.8 Å². The highest BCUT2D eigenvalue weighted by Crippen LogP contribution is 2.31. The number of benzene rings is 2. The number of aromatic nitrogens is 3. The fraction of sp³-hybridized carbons (Fsp3) is 0.227. The first-order chi connectivity index (χ1) is 15.0. The average Bonchev–Trinajstić information content (AvgIpc) is 3.05. The van der Waals surface area contributed by atoms with Crippen molar-refractivity contribution in [2.75, 3.05) is 25.4 Å². The van der Waals surface area contributed by atoms with E-state index in [0.29, 0.717) is 37.0 Å². The van der Waals surface area contributed by atoms with Gasteiger partial charge in [-0.25, -0.2) is 9.97 Å². The summed E-state index contributed by atoms with van der Waals surface area (Å²) in [5, 5.41) is 2.58. The van der Waals surface area contributed by atoms with Gasteiger partial charge in [-0.15, -0.1) is 0 Å². The number of halogens is 2. The van der Waals surface area contributed by atoms with Crippen LogP contribution >= 0.6 is 27.5 Å². The van der Waals surface area contributed by atoms with Crippen molar-refractivity contribution in [2.45, 2.75) is 13.1 Å². The monoisotopic (exact) mass is 498 g/mol. The molecule has 3 heterocycles. The Morgan fingerprint density at radius 3 is 2.81 bits per heavy atom. The van der Waals surface area contributed by atoms with Gasteiger partial charge in [0, 0.05) is 57.7 Å². The van der Waals surface area contributed by atoms with Crippen LogP contribution < -0.4 is 5.73 Å². The van der Waals surface area contributed by atoms with Crippen LogP contribution in [0.1, 0.15) is 11.3 Å². The lowest BCUT2D eigenvalue weighted by atomic mass is 10.1. The number of nitrogens with one attached hydrogen (secondary N) is 1. The van der Waals surface area contributed by atoms with Crippen molar-refractivity contribution in [1.82, 2.24) is 24.8 Å². The first-order valence-corrected chi connectivity index (χ1v) is 11.1. The Morgan fingerprint density at radius 2 is 1.97 bits per heavy atom. The molecule has 3 N–H and O–H groups in total. The number of anilines is 1. The summed E-state index contributed by atoms with van der Waals surface area (Å²) in [7, 11) is 0. The second kappa shape index (κ2) is 8.11. The van der Waals surface area contributed by atoms with Crippen molar-refractivity contribution in [3.63, 3.8) is 0 Å². The second-order valence-electron chi connectivity index (χ2n) is 7.74. The lowest BCUT2D eigenvalue weighted by Gasteiger charge is -2.34. The molecule has 0 aliphatic carbocycles. The molecule has 1 amide bonds. The molecular weight excluding hydrogens is 480 g/mol. The van der Waals surface area contributed by atoms with Crippen LogP contribution in [-0.4, -0.2) is 50.3 Å². The second-order valence-corrected chi connectivity index (χ2v) is 8.97. The summed E-state index contributed by atoms with van der Waals surface area (Å²) >= 11 is 9.80. The maximum Gasteiger partial charge on any atom is 0.237 e. The maximum atomic E-state index is 12.8. The Labute approximate surface area is 192 Å². The van der Waals surface area contributed by atoms with Crippen LogP contribution in [0, 0.1) is 0 Å². The van der Waals surface area contributed by atoms with Crippen molar-refractivity contribution < 1.29 is 4.79 Å². The minimum Gasteiger partial charge on any atom is -0.383 e. The summed E-state index contributed by atoms with van der Waals surface area (Å²) in [6.45, 7) is 3.08. The number of carbonyl (C=O) groups is 1. The highest BCUT2D eigenvalue weighted by atomic mass is 79.9. The molecule has 1 aliphatic heterocycles. The zero-order chi connectivity index (χ0) is 21.5. The molecule has 9 heteroatoms. The highest BCUT2D eigenvalue weighted by molar-refractivity contribution is 9.10. The average molecular weight is 500 g/mol. The minimum absolute atomic E-state index is 0.115. The number of aromatic amines is 1. The van der Waals surface area contributed by atoms with Crippen molar-refractivity contribution >= 4 is 61.1 Å². The topological polar surface area (TPSA) is 91.1 Å². The molecule has 158 valence electrons. The Hall–Kier alpha value is -2.68. The smallest absolute Gasteiger partial charge is 0.237 e. The maximum absolute atomic E-state index is 12.8. The number of nitrogens with two attached hydrogens (primary N) is 1. The first-order valence-electron chi connectivity index (χ1n) is 9.93. The molecule has 0 bridgehead atoms. The van der Waals surface area contributed by atoms with E-state index in [4.69, 9.17) is 17.3 Å². The summed E-state index contributed by atoms with van der Waals surface area (Å²) in [6.07, 6.45) is 1.46. The highest BCUT2D eigenvalue weighted by Gasteiger charge is 2.25. The Balaban J connectivity index is 1.27. The standard InChI is InChI=1S/C22H20BrClN6O/c23-21-16-8-14(24)2-4-17(16)28-19(21)10-29-5-6-30(20(31)11-29)9-13-1-3-15-18(7-13)26-12-27-22(15)25/h1-4,7-8,12,28H,5-6,9-11H2,(H2,25,26,27). The number of rotatable bonds is 4. The molecule has 1 saturated heterocycles. The predicted octanol–water partition coefficient (Wildman–Crippen LogP) is 3.95. The third kappa shape index (κ3) is 3.98. The summed E-state index contributed by atoms with van der Waals surface area (Å²) in [4.78, 5) is 28.6. The van der Waals surface area contributed by atoms with Gasteiger partial charge in [0.1, 0.15) is 12.1 Å². The number of hydrogen-bond donors (Lipinski definition) is 2. The summed E-state index contributed by atoms with van der Waals surface area (Å²) < 4.78 is 0.998. The van der Waals surface area contributed by atoms with Gasteiger partial charge in [0.15, 0.2) is 0 Å². The summed E-state index contributed by atoms with van der Waals surface area (Å²) in [5.74, 6) is 0.579. The van der Waals surface area contributed by atoms with Crippen LogP contribution in [0.4, 0.5) is 5.82 Å². The van der Waals surface area contributed by atoms with Gasteiger partial charge in [-0.3, -0.25) is 9.69 Å². The van der Waals surface area contributed by atoms with Gasteiger partial charge in [0.05, 0.1) is 12.1 Å². The molecule has 0 atom stereocenters. The van der Waals surface area contributed by atoms with Crippen molar-refractivity contribution in [3.05, 3.63) is 63.5 Å². The summed E-state index contributed by atoms with van der Waals surface area (Å²) in [5.41, 5.74) is 9.79. The molecule has 0 spiro atoms. The molecule has 4 aromatic rings. The molecule has 2 aromatic carbocycles. The molecule has 5 rings (SSSR count). The Bertz CT molecular complexity index is 1310. The Kier molecular flexibility index (Phi) is 5.29. The van der Waals surface area contributed by atoms with E-state index in [1.807, 2.05) is 41.3 Å². The fourth-order valence-electron chi connectivity index (χ4n) is 4.02. The van der Waals surface area contributed by atoms with Gasteiger partial charge < -0.3 is 15.6 Å². The van der Waals surface area contributed by atoms with E-state index in [9.17, 15) is 4.79 Å². The molecule has 31 heavy (non-hydrogen) atoms. The summed E-state index contributed by atoms with van der Waals surface area (Å²) in [6, 6.07) is 11.6. The van der Waals surface area contributed by atoms with E-state index in [-0.39, 0.29) is 5.91 Å². The van der Waals surface area contributed by atoms with Crippen LogP contribution in [0.15, 0.2) is 47.2 Å². The number of carbonyl (C=O) groups excluding carboxylic acids is 1. The van der Waals surface area contributed by atoms with Crippen LogP contribution in [0.2, 0.25) is 5.02 Å². The number of fused-ring (bicyclic) bond motifs is 2. The third-order valence-corrected chi connectivity index (χ3v) is 6.79.